The number of nitrogens with one attached hydrogen (secondary N) is 1. The van der Waals surface area contributed by atoms with Crippen LogP contribution in [0.2, 0.25) is 10.0 Å². The molecule has 0 unspecified atom stereocenters. The Morgan fingerprint density at radius 2 is 1.90 bits per heavy atom. The van der Waals surface area contributed by atoms with Crippen LogP contribution in [0.1, 0.15) is 11.1 Å². The van der Waals surface area contributed by atoms with Crippen LogP contribution < -0.4 is 10.1 Å². The van der Waals surface area contributed by atoms with Crippen molar-refractivity contribution < 1.29 is 9.84 Å². The Morgan fingerprint density at radius 1 is 1.10 bits per heavy atom. The Hall–Kier alpha value is -1.42. The zero-order chi connectivity index (χ0) is 14.5. The highest BCUT2D eigenvalue weighted by Gasteiger charge is 2.04. The maximum Gasteiger partial charge on any atom is 0.160 e. The summed E-state index contributed by atoms with van der Waals surface area (Å²) in [6, 6.07) is 10.7. The molecule has 0 aliphatic carbocycles. The Balaban J connectivity index is 1.94. The molecule has 0 aliphatic heterocycles. The van der Waals surface area contributed by atoms with E-state index >= 15 is 0 Å². The van der Waals surface area contributed by atoms with Gasteiger partial charge < -0.3 is 15.2 Å². The molecule has 106 valence electrons. The highest BCUT2D eigenvalue weighted by atomic mass is 35.5. The van der Waals surface area contributed by atoms with E-state index in [0.717, 1.165) is 11.1 Å². The second kappa shape index (κ2) is 6.84. The number of phenolic OH excluding ortho intramolecular Hbond substituents is 1. The van der Waals surface area contributed by atoms with Gasteiger partial charge in [0.1, 0.15) is 0 Å². The number of hydrogen-bond acceptors (Lipinski definition) is 3. The van der Waals surface area contributed by atoms with Crippen molar-refractivity contribution in [2.75, 3.05) is 7.11 Å². The van der Waals surface area contributed by atoms with Gasteiger partial charge >= 0.3 is 0 Å². The number of benzene rings is 2. The lowest BCUT2D eigenvalue weighted by Crippen LogP contribution is -2.12. The molecule has 3 nitrogen and oxygen atoms in total. The summed E-state index contributed by atoms with van der Waals surface area (Å²) in [6.07, 6.45) is 0. The summed E-state index contributed by atoms with van der Waals surface area (Å²) < 4.78 is 5.00. The molecule has 20 heavy (non-hydrogen) atoms. The van der Waals surface area contributed by atoms with Crippen molar-refractivity contribution in [2.24, 2.45) is 0 Å². The molecule has 0 bridgehead atoms. The van der Waals surface area contributed by atoms with Crippen molar-refractivity contribution in [3.8, 4) is 11.5 Å². The van der Waals surface area contributed by atoms with Crippen LogP contribution in [0.15, 0.2) is 36.4 Å². The van der Waals surface area contributed by atoms with E-state index in [1.807, 2.05) is 18.2 Å². The average Bonchev–Trinajstić information content (AvgIpc) is 2.41. The van der Waals surface area contributed by atoms with Crippen LogP contribution in [-0.2, 0) is 13.1 Å². The van der Waals surface area contributed by atoms with E-state index in [2.05, 4.69) is 5.32 Å². The van der Waals surface area contributed by atoms with Gasteiger partial charge in [0.15, 0.2) is 11.5 Å². The fourth-order valence-electron chi connectivity index (χ4n) is 1.85. The summed E-state index contributed by atoms with van der Waals surface area (Å²) in [5, 5.41) is 14.2. The molecule has 0 radical (unpaired) electrons. The minimum absolute atomic E-state index is 0.135. The number of ether oxygens (including phenoxy) is 1. The number of halogens is 2. The van der Waals surface area contributed by atoms with E-state index in [1.165, 1.54) is 7.11 Å². The topological polar surface area (TPSA) is 41.5 Å². The predicted octanol–water partition coefficient (Wildman–Crippen LogP) is 4.00. The molecule has 0 aromatic heterocycles. The van der Waals surface area contributed by atoms with Crippen LogP contribution in [0.3, 0.4) is 0 Å². The van der Waals surface area contributed by atoms with E-state index < -0.39 is 0 Å². The first-order valence-electron chi connectivity index (χ1n) is 6.10. The summed E-state index contributed by atoms with van der Waals surface area (Å²) >= 11 is 11.9. The second-order valence-corrected chi connectivity index (χ2v) is 5.19. The monoisotopic (exact) mass is 311 g/mol. The summed E-state index contributed by atoms with van der Waals surface area (Å²) in [5.41, 5.74) is 1.95. The highest BCUT2D eigenvalue weighted by Crippen LogP contribution is 2.26. The average molecular weight is 312 g/mol. The molecule has 2 N–H and O–H groups in total. The third-order valence-electron chi connectivity index (χ3n) is 2.90. The van der Waals surface area contributed by atoms with Gasteiger partial charge in [0.05, 0.1) is 7.11 Å². The van der Waals surface area contributed by atoms with Gasteiger partial charge in [-0.05, 0) is 35.4 Å². The summed E-state index contributed by atoms with van der Waals surface area (Å²) in [5.74, 6) is 0.603. The molecule has 2 aromatic rings. The second-order valence-electron chi connectivity index (χ2n) is 4.35. The van der Waals surface area contributed by atoms with E-state index in [0.29, 0.717) is 28.9 Å². The standard InChI is InChI=1S/C15H15Cl2NO2/c1-20-15-5-2-10(6-14(15)19)8-18-9-11-3-4-12(16)7-13(11)17/h2-7,18-19H,8-9H2,1H3. The maximum atomic E-state index is 9.69. The van der Waals surface area contributed by atoms with Crippen LogP contribution in [0.25, 0.3) is 0 Å². The molecule has 0 atom stereocenters. The van der Waals surface area contributed by atoms with Gasteiger partial charge in [-0.3, -0.25) is 0 Å². The van der Waals surface area contributed by atoms with E-state index in [9.17, 15) is 5.11 Å². The molecule has 0 aliphatic rings. The maximum absolute atomic E-state index is 9.69. The third-order valence-corrected chi connectivity index (χ3v) is 3.49. The molecular formula is C15H15Cl2NO2. The Labute approximate surface area is 128 Å². The molecule has 0 saturated carbocycles. The minimum atomic E-state index is 0.135. The lowest BCUT2D eigenvalue weighted by Gasteiger charge is -2.09. The van der Waals surface area contributed by atoms with Gasteiger partial charge in [-0.2, -0.15) is 0 Å². The van der Waals surface area contributed by atoms with Gasteiger partial charge in [-0.1, -0.05) is 35.3 Å². The summed E-state index contributed by atoms with van der Waals surface area (Å²) in [6.45, 7) is 1.25. The van der Waals surface area contributed by atoms with Gasteiger partial charge in [-0.25, -0.2) is 0 Å². The summed E-state index contributed by atoms with van der Waals surface area (Å²) in [7, 11) is 1.52. The quantitative estimate of drug-likeness (QED) is 0.877. The number of aromatic hydroxyl groups is 1. The number of rotatable bonds is 5. The van der Waals surface area contributed by atoms with Crippen molar-refractivity contribution >= 4 is 23.2 Å². The molecule has 2 aromatic carbocycles. The van der Waals surface area contributed by atoms with E-state index in [-0.39, 0.29) is 5.75 Å². The van der Waals surface area contributed by atoms with Crippen LogP contribution in [0.4, 0.5) is 0 Å². The van der Waals surface area contributed by atoms with Gasteiger partial charge in [0.25, 0.3) is 0 Å². The third kappa shape index (κ3) is 3.79. The molecule has 2 rings (SSSR count). The smallest absolute Gasteiger partial charge is 0.160 e. The number of phenols is 1. The first kappa shape index (κ1) is 15.0. The molecule has 0 amide bonds. The van der Waals surface area contributed by atoms with Gasteiger partial charge in [0, 0.05) is 23.1 Å². The zero-order valence-corrected chi connectivity index (χ0v) is 12.5. The van der Waals surface area contributed by atoms with Crippen molar-refractivity contribution in [3.63, 3.8) is 0 Å². The fourth-order valence-corrected chi connectivity index (χ4v) is 2.33. The summed E-state index contributed by atoms with van der Waals surface area (Å²) in [4.78, 5) is 0. The Morgan fingerprint density at radius 3 is 2.55 bits per heavy atom. The molecule has 0 spiro atoms. The van der Waals surface area contributed by atoms with Crippen molar-refractivity contribution in [2.45, 2.75) is 13.1 Å². The van der Waals surface area contributed by atoms with Crippen molar-refractivity contribution in [1.29, 1.82) is 0 Å². The lowest BCUT2D eigenvalue weighted by molar-refractivity contribution is 0.373. The number of hydrogen-bond donors (Lipinski definition) is 2. The van der Waals surface area contributed by atoms with E-state index in [4.69, 9.17) is 27.9 Å². The SMILES string of the molecule is COc1ccc(CNCc2ccc(Cl)cc2Cl)cc1O. The van der Waals surface area contributed by atoms with Gasteiger partial charge in [0.2, 0.25) is 0 Å². The normalized spacial score (nSPS) is 10.6. The molecule has 0 saturated heterocycles. The first-order valence-corrected chi connectivity index (χ1v) is 6.86. The largest absolute Gasteiger partial charge is 0.504 e. The minimum Gasteiger partial charge on any atom is -0.504 e. The lowest BCUT2D eigenvalue weighted by atomic mass is 10.2. The number of methoxy groups -OCH3 is 1. The molecule has 0 heterocycles. The predicted molar refractivity (Wildman–Crippen MR) is 81.7 cm³/mol. The van der Waals surface area contributed by atoms with Crippen LogP contribution in [-0.4, -0.2) is 12.2 Å². The van der Waals surface area contributed by atoms with Crippen LogP contribution in [0, 0.1) is 0 Å². The zero-order valence-electron chi connectivity index (χ0n) is 11.0. The van der Waals surface area contributed by atoms with Crippen molar-refractivity contribution in [3.05, 3.63) is 57.6 Å². The Kier molecular flexibility index (Phi) is 5.12. The van der Waals surface area contributed by atoms with Crippen LogP contribution in [0.5, 0.6) is 11.5 Å². The first-order chi connectivity index (χ1) is 9.60. The highest BCUT2D eigenvalue weighted by molar-refractivity contribution is 6.35. The fraction of sp³-hybridized carbons (Fsp3) is 0.200. The van der Waals surface area contributed by atoms with Crippen LogP contribution >= 0.6 is 23.2 Å². The van der Waals surface area contributed by atoms with E-state index in [1.54, 1.807) is 18.2 Å². The molecule has 0 fully saturated rings. The van der Waals surface area contributed by atoms with Crippen molar-refractivity contribution in [1.82, 2.24) is 5.32 Å². The molecule has 5 heteroatoms. The van der Waals surface area contributed by atoms with Gasteiger partial charge in [-0.15, -0.1) is 0 Å². The Bertz CT molecular complexity index is 602. The molecular weight excluding hydrogens is 297 g/mol.